The molecule has 2 aromatic rings. The number of aryl methyl sites for hydroxylation is 1. The van der Waals surface area contributed by atoms with Crippen molar-refractivity contribution < 1.29 is 22.0 Å². The van der Waals surface area contributed by atoms with Crippen molar-refractivity contribution in [1.29, 1.82) is 0 Å². The first-order chi connectivity index (χ1) is 10.7. The smallest absolute Gasteiger partial charge is 0.262 e. The summed E-state index contributed by atoms with van der Waals surface area (Å²) in [5.41, 5.74) is 0.183. The molecule has 0 atom stereocenters. The van der Waals surface area contributed by atoms with Crippen LogP contribution in [0.25, 0.3) is 0 Å². The Kier molecular flexibility index (Phi) is 4.65. The molecule has 8 heteroatoms. The van der Waals surface area contributed by atoms with Crippen molar-refractivity contribution in [2.75, 3.05) is 10.0 Å². The zero-order valence-corrected chi connectivity index (χ0v) is 13.2. The van der Waals surface area contributed by atoms with Crippen molar-refractivity contribution in [1.82, 2.24) is 0 Å². The maximum Gasteiger partial charge on any atom is 0.262 e. The van der Waals surface area contributed by atoms with Gasteiger partial charge in [0.2, 0.25) is 5.91 Å². The van der Waals surface area contributed by atoms with Gasteiger partial charge in [-0.1, -0.05) is 6.07 Å². The molecule has 0 radical (unpaired) electrons. The largest absolute Gasteiger partial charge is 0.324 e. The molecular weight excluding hydrogens is 326 g/mol. The predicted molar refractivity (Wildman–Crippen MR) is 82.6 cm³/mol. The summed E-state index contributed by atoms with van der Waals surface area (Å²) in [4.78, 5) is 10.7. The fraction of sp³-hybridized carbons (Fsp3) is 0.133. The van der Waals surface area contributed by atoms with Gasteiger partial charge in [-0.2, -0.15) is 0 Å². The van der Waals surface area contributed by atoms with Crippen LogP contribution in [0.5, 0.6) is 0 Å². The van der Waals surface area contributed by atoms with Crippen LogP contribution in [0.4, 0.5) is 20.2 Å². The van der Waals surface area contributed by atoms with Gasteiger partial charge >= 0.3 is 0 Å². The number of sulfonamides is 1. The average Bonchev–Trinajstić information content (AvgIpc) is 2.44. The molecule has 1 amide bonds. The van der Waals surface area contributed by atoms with E-state index in [0.29, 0.717) is 5.56 Å². The Balaban J connectivity index is 2.40. The number of amides is 1. The summed E-state index contributed by atoms with van der Waals surface area (Å²) in [6.45, 7) is 2.85. The molecule has 0 aliphatic heterocycles. The number of carbonyl (C=O) groups excluding carboxylic acids is 1. The summed E-state index contributed by atoms with van der Waals surface area (Å²) in [6, 6.07) is 6.88. The molecule has 2 N–H and O–H groups in total. The number of halogens is 2. The van der Waals surface area contributed by atoms with Crippen molar-refractivity contribution >= 4 is 27.3 Å². The number of hydrogen-bond donors (Lipinski definition) is 2. The van der Waals surface area contributed by atoms with Crippen molar-refractivity contribution in [3.05, 3.63) is 53.6 Å². The van der Waals surface area contributed by atoms with Gasteiger partial charge in [-0.3, -0.25) is 9.52 Å². The van der Waals surface area contributed by atoms with Crippen LogP contribution < -0.4 is 10.0 Å². The molecule has 0 aliphatic rings. The fourth-order valence-corrected chi connectivity index (χ4v) is 2.96. The first-order valence-corrected chi connectivity index (χ1v) is 8.03. The summed E-state index contributed by atoms with van der Waals surface area (Å²) in [7, 11) is -4.14. The standard InChI is InChI=1S/C15H14F2N2O3S/c1-9-3-5-13(17)15(7-9)19-23(21,22)11-4-6-12(16)14(8-11)18-10(2)20/h3-8,19H,1-2H3,(H,18,20). The van der Waals surface area contributed by atoms with Crippen LogP contribution in [0, 0.1) is 18.6 Å². The minimum atomic E-state index is -4.14. The summed E-state index contributed by atoms with van der Waals surface area (Å²) in [5.74, 6) is -2.06. The molecule has 0 aromatic heterocycles. The van der Waals surface area contributed by atoms with Crippen LogP contribution >= 0.6 is 0 Å². The lowest BCUT2D eigenvalue weighted by Crippen LogP contribution is -2.15. The van der Waals surface area contributed by atoms with Gasteiger partial charge in [0, 0.05) is 6.92 Å². The van der Waals surface area contributed by atoms with Crippen molar-refractivity contribution in [2.45, 2.75) is 18.7 Å². The Bertz CT molecular complexity index is 867. The van der Waals surface area contributed by atoms with Crippen molar-refractivity contribution in [3.63, 3.8) is 0 Å². The van der Waals surface area contributed by atoms with Crippen LogP contribution in [0.2, 0.25) is 0 Å². The Hall–Kier alpha value is -2.48. The van der Waals surface area contributed by atoms with E-state index in [1.165, 1.54) is 19.1 Å². The van der Waals surface area contributed by atoms with Gasteiger partial charge in [-0.05, 0) is 42.8 Å². The molecule has 0 aliphatic carbocycles. The molecule has 2 rings (SSSR count). The average molecular weight is 340 g/mol. The molecule has 0 unspecified atom stereocenters. The molecule has 0 bridgehead atoms. The number of benzene rings is 2. The summed E-state index contributed by atoms with van der Waals surface area (Å²) in [5, 5.41) is 2.19. The maximum atomic E-state index is 13.7. The van der Waals surface area contributed by atoms with Crippen LogP contribution in [-0.4, -0.2) is 14.3 Å². The maximum absolute atomic E-state index is 13.7. The zero-order chi connectivity index (χ0) is 17.2. The highest BCUT2D eigenvalue weighted by atomic mass is 32.2. The van der Waals surface area contributed by atoms with E-state index in [1.54, 1.807) is 6.92 Å². The molecule has 2 aromatic carbocycles. The molecule has 0 heterocycles. The molecule has 122 valence electrons. The fourth-order valence-electron chi connectivity index (χ4n) is 1.88. The molecule has 0 saturated carbocycles. The number of anilines is 2. The van der Waals surface area contributed by atoms with Gasteiger partial charge in [0.1, 0.15) is 11.6 Å². The predicted octanol–water partition coefficient (Wildman–Crippen LogP) is 3.03. The van der Waals surface area contributed by atoms with Crippen molar-refractivity contribution in [3.8, 4) is 0 Å². The highest BCUT2D eigenvalue weighted by Crippen LogP contribution is 2.23. The summed E-state index contributed by atoms with van der Waals surface area (Å²) < 4.78 is 54.0. The van der Waals surface area contributed by atoms with Gasteiger partial charge in [0.05, 0.1) is 16.3 Å². The minimum Gasteiger partial charge on any atom is -0.324 e. The van der Waals surface area contributed by atoms with E-state index in [9.17, 15) is 22.0 Å². The lowest BCUT2D eigenvalue weighted by Gasteiger charge is -2.11. The Morgan fingerprint density at radius 3 is 2.26 bits per heavy atom. The highest BCUT2D eigenvalue weighted by molar-refractivity contribution is 7.92. The van der Waals surface area contributed by atoms with E-state index in [0.717, 1.165) is 24.3 Å². The van der Waals surface area contributed by atoms with Crippen LogP contribution in [0.15, 0.2) is 41.3 Å². The highest BCUT2D eigenvalue weighted by Gasteiger charge is 2.18. The van der Waals surface area contributed by atoms with E-state index in [1.807, 2.05) is 0 Å². The number of rotatable bonds is 4. The van der Waals surface area contributed by atoms with Gasteiger partial charge in [-0.25, -0.2) is 17.2 Å². The summed E-state index contributed by atoms with van der Waals surface area (Å²) in [6.07, 6.45) is 0. The third-order valence-corrected chi connectivity index (χ3v) is 4.29. The first-order valence-electron chi connectivity index (χ1n) is 6.55. The SMILES string of the molecule is CC(=O)Nc1cc(S(=O)(=O)Nc2cc(C)ccc2F)ccc1F. The lowest BCUT2D eigenvalue weighted by atomic mass is 10.2. The minimum absolute atomic E-state index is 0.213. The van der Waals surface area contributed by atoms with E-state index in [4.69, 9.17) is 0 Å². The quantitative estimate of drug-likeness (QED) is 0.898. The van der Waals surface area contributed by atoms with Gasteiger partial charge in [0.25, 0.3) is 10.0 Å². The normalized spacial score (nSPS) is 11.1. The van der Waals surface area contributed by atoms with Gasteiger partial charge in [-0.15, -0.1) is 0 Å². The monoisotopic (exact) mass is 340 g/mol. The van der Waals surface area contributed by atoms with E-state index in [-0.39, 0.29) is 16.3 Å². The Morgan fingerprint density at radius 2 is 1.61 bits per heavy atom. The van der Waals surface area contributed by atoms with Crippen LogP contribution in [0.1, 0.15) is 12.5 Å². The molecule has 5 nitrogen and oxygen atoms in total. The number of nitrogens with one attached hydrogen (secondary N) is 2. The molecule has 23 heavy (non-hydrogen) atoms. The first kappa shape index (κ1) is 16.9. The second-order valence-electron chi connectivity index (χ2n) is 4.91. The van der Waals surface area contributed by atoms with Crippen LogP contribution in [0.3, 0.4) is 0 Å². The van der Waals surface area contributed by atoms with E-state index >= 15 is 0 Å². The second-order valence-corrected chi connectivity index (χ2v) is 6.59. The Labute approximate surface area is 132 Å². The molecule has 0 fully saturated rings. The number of hydrogen-bond acceptors (Lipinski definition) is 3. The topological polar surface area (TPSA) is 75.3 Å². The Morgan fingerprint density at radius 1 is 1.00 bits per heavy atom. The third-order valence-electron chi connectivity index (χ3n) is 2.93. The molecule has 0 saturated heterocycles. The lowest BCUT2D eigenvalue weighted by molar-refractivity contribution is -0.114. The second kappa shape index (κ2) is 6.33. The van der Waals surface area contributed by atoms with Gasteiger partial charge in [0.15, 0.2) is 0 Å². The van der Waals surface area contributed by atoms with E-state index in [2.05, 4.69) is 10.0 Å². The molecule has 0 spiro atoms. The van der Waals surface area contributed by atoms with E-state index < -0.39 is 27.6 Å². The summed E-state index contributed by atoms with van der Waals surface area (Å²) >= 11 is 0. The number of carbonyl (C=O) groups is 1. The third kappa shape index (κ3) is 4.04. The zero-order valence-electron chi connectivity index (χ0n) is 12.4. The van der Waals surface area contributed by atoms with Crippen LogP contribution in [-0.2, 0) is 14.8 Å². The van der Waals surface area contributed by atoms with Gasteiger partial charge < -0.3 is 5.32 Å². The molecular formula is C15H14F2N2O3S. The van der Waals surface area contributed by atoms with Crippen molar-refractivity contribution in [2.24, 2.45) is 0 Å².